The van der Waals surface area contributed by atoms with Crippen molar-refractivity contribution in [1.82, 2.24) is 5.32 Å². The molecule has 7 nitrogen and oxygen atoms in total. The minimum Gasteiger partial charge on any atom is -0.454 e. The number of ketones is 1. The van der Waals surface area contributed by atoms with Gasteiger partial charge in [0.15, 0.2) is 17.3 Å². The Hall–Kier alpha value is -4.24. The van der Waals surface area contributed by atoms with Crippen LogP contribution < -0.4 is 20.1 Å². The molecule has 2 amide bonds. The first-order valence-corrected chi connectivity index (χ1v) is 14.1. The predicted octanol–water partition coefficient (Wildman–Crippen LogP) is 7.11. The Kier molecular flexibility index (Phi) is 8.94. The van der Waals surface area contributed by atoms with Gasteiger partial charge in [0.05, 0.1) is 5.75 Å². The first kappa shape index (κ1) is 28.3. The topological polar surface area (TPSA) is 93.7 Å². The third kappa shape index (κ3) is 7.10. The Balaban J connectivity index is 1.31. The van der Waals surface area contributed by atoms with E-state index in [2.05, 4.69) is 10.6 Å². The maximum atomic E-state index is 13.4. The number of carbonyl (C=O) groups excluding carboxylic acids is 3. The third-order valence-corrected chi connectivity index (χ3v) is 7.63. The smallest absolute Gasteiger partial charge is 0.272 e. The fourth-order valence-electron chi connectivity index (χ4n) is 3.90. The number of amides is 2. The van der Waals surface area contributed by atoms with E-state index in [9.17, 15) is 14.4 Å². The minimum absolute atomic E-state index is 0.0510. The number of carbonyl (C=O) groups is 3. The summed E-state index contributed by atoms with van der Waals surface area (Å²) in [4.78, 5) is 39.8. The maximum absolute atomic E-state index is 13.4. The van der Waals surface area contributed by atoms with Crippen molar-refractivity contribution in [3.05, 3.63) is 123 Å². The fraction of sp³-hybridized carbons (Fsp3) is 0.0645. The molecule has 2 N–H and O–H groups in total. The number of thioether (sulfide) groups is 1. The Labute approximate surface area is 250 Å². The standard InChI is InChI=1S/C31H22Cl2N2O5S/c32-24-10-5-11-25(33)23(24)16-26(35-30(37)19-6-2-1-3-7-19)31(38)34-21-8-4-9-22(15-21)41-17-27(36)20-12-13-28-29(14-20)40-18-39-28/h1-16H,17-18H2,(H,34,38)(H,35,37)/b26-16-. The van der Waals surface area contributed by atoms with E-state index >= 15 is 0 Å². The van der Waals surface area contributed by atoms with Gasteiger partial charge >= 0.3 is 0 Å². The average Bonchev–Trinajstić information content (AvgIpc) is 3.46. The fourth-order valence-corrected chi connectivity index (χ4v) is 5.26. The molecule has 1 aliphatic rings. The van der Waals surface area contributed by atoms with Crippen molar-refractivity contribution in [3.63, 3.8) is 0 Å². The molecule has 0 saturated carbocycles. The van der Waals surface area contributed by atoms with Crippen molar-refractivity contribution >= 4 is 64.3 Å². The number of rotatable bonds is 9. The zero-order valence-electron chi connectivity index (χ0n) is 21.4. The van der Waals surface area contributed by atoms with Gasteiger partial charge in [-0.3, -0.25) is 14.4 Å². The van der Waals surface area contributed by atoms with E-state index in [1.807, 2.05) is 6.07 Å². The molecule has 0 fully saturated rings. The lowest BCUT2D eigenvalue weighted by Gasteiger charge is -2.13. The lowest BCUT2D eigenvalue weighted by atomic mass is 10.1. The highest BCUT2D eigenvalue weighted by molar-refractivity contribution is 8.00. The van der Waals surface area contributed by atoms with E-state index in [1.54, 1.807) is 84.9 Å². The molecule has 4 aromatic carbocycles. The van der Waals surface area contributed by atoms with Crippen molar-refractivity contribution < 1.29 is 23.9 Å². The van der Waals surface area contributed by atoms with Crippen molar-refractivity contribution in [2.24, 2.45) is 0 Å². The summed E-state index contributed by atoms with van der Waals surface area (Å²) in [6.45, 7) is 0.137. The number of anilines is 1. The Bertz CT molecular complexity index is 1640. The number of fused-ring (bicyclic) bond motifs is 1. The van der Waals surface area contributed by atoms with Gasteiger partial charge in [-0.05, 0) is 66.7 Å². The van der Waals surface area contributed by atoms with Crippen molar-refractivity contribution in [2.45, 2.75) is 4.90 Å². The SMILES string of the molecule is O=C(Nc1cccc(SCC(=O)c2ccc3c(c2)OCO3)c1)/C(=C/c1c(Cl)cccc1Cl)NC(=O)c1ccccc1. The number of Topliss-reactive ketones (excluding diaryl/α,β-unsaturated/α-hetero) is 1. The molecule has 0 atom stereocenters. The summed E-state index contributed by atoms with van der Waals surface area (Å²) in [5.41, 5.74) is 1.71. The van der Waals surface area contributed by atoms with Gasteiger partial charge in [-0.2, -0.15) is 0 Å². The van der Waals surface area contributed by atoms with E-state index in [0.717, 1.165) is 4.90 Å². The van der Waals surface area contributed by atoms with Gasteiger partial charge in [0.25, 0.3) is 11.8 Å². The van der Waals surface area contributed by atoms with Crippen LogP contribution in [0.4, 0.5) is 5.69 Å². The highest BCUT2D eigenvalue weighted by Crippen LogP contribution is 2.33. The summed E-state index contributed by atoms with van der Waals surface area (Å²) >= 11 is 14.0. The minimum atomic E-state index is -0.580. The van der Waals surface area contributed by atoms with Crippen molar-refractivity contribution in [3.8, 4) is 11.5 Å². The highest BCUT2D eigenvalue weighted by atomic mass is 35.5. The number of halogens is 2. The first-order chi connectivity index (χ1) is 19.9. The molecular weight excluding hydrogens is 583 g/mol. The van der Waals surface area contributed by atoms with Crippen molar-refractivity contribution in [1.29, 1.82) is 0 Å². The monoisotopic (exact) mass is 604 g/mol. The van der Waals surface area contributed by atoms with Crippen LogP contribution in [0, 0.1) is 0 Å². The van der Waals surface area contributed by atoms with Crippen LogP contribution in [0.2, 0.25) is 10.0 Å². The molecule has 0 saturated heterocycles. The molecule has 5 rings (SSSR count). The van der Waals surface area contributed by atoms with Gasteiger partial charge in [0.1, 0.15) is 5.70 Å². The average molecular weight is 605 g/mol. The zero-order chi connectivity index (χ0) is 28.8. The number of hydrogen-bond donors (Lipinski definition) is 2. The summed E-state index contributed by atoms with van der Waals surface area (Å²) in [6.07, 6.45) is 1.43. The molecule has 0 spiro atoms. The van der Waals surface area contributed by atoms with Gasteiger partial charge in [-0.25, -0.2) is 0 Å². The van der Waals surface area contributed by atoms with Gasteiger partial charge in [0, 0.05) is 37.3 Å². The number of nitrogens with one attached hydrogen (secondary N) is 2. The van der Waals surface area contributed by atoms with E-state index in [4.69, 9.17) is 32.7 Å². The molecule has 0 aromatic heterocycles. The van der Waals surface area contributed by atoms with Gasteiger partial charge in [-0.15, -0.1) is 11.8 Å². The lowest BCUT2D eigenvalue weighted by Crippen LogP contribution is -2.30. The zero-order valence-corrected chi connectivity index (χ0v) is 23.7. The quantitative estimate of drug-likeness (QED) is 0.120. The molecule has 0 bridgehead atoms. The number of ether oxygens (including phenoxy) is 2. The van der Waals surface area contributed by atoms with Crippen LogP contribution in [0.1, 0.15) is 26.3 Å². The Morgan fingerprint density at radius 1 is 0.805 bits per heavy atom. The van der Waals surface area contributed by atoms with E-state index in [0.29, 0.717) is 43.9 Å². The van der Waals surface area contributed by atoms with Gasteiger partial charge in [-0.1, -0.05) is 53.5 Å². The van der Waals surface area contributed by atoms with Crippen LogP contribution in [0.15, 0.2) is 102 Å². The van der Waals surface area contributed by atoms with Crippen molar-refractivity contribution in [2.75, 3.05) is 17.9 Å². The van der Waals surface area contributed by atoms with E-state index in [1.165, 1.54) is 17.8 Å². The molecule has 0 radical (unpaired) electrons. The molecule has 4 aromatic rings. The third-order valence-electron chi connectivity index (χ3n) is 5.97. The molecule has 10 heteroatoms. The van der Waals surface area contributed by atoms with E-state index < -0.39 is 11.8 Å². The Morgan fingerprint density at radius 2 is 1.54 bits per heavy atom. The van der Waals surface area contributed by atoms with Crippen LogP contribution in [-0.2, 0) is 4.79 Å². The first-order valence-electron chi connectivity index (χ1n) is 12.4. The molecule has 206 valence electrons. The summed E-state index contributed by atoms with van der Waals surface area (Å²) in [7, 11) is 0. The van der Waals surface area contributed by atoms with Crippen LogP contribution in [-0.4, -0.2) is 30.1 Å². The number of hydrogen-bond acceptors (Lipinski definition) is 6. The van der Waals surface area contributed by atoms with Crippen LogP contribution in [0.5, 0.6) is 11.5 Å². The van der Waals surface area contributed by atoms with Crippen LogP contribution in [0.25, 0.3) is 6.08 Å². The second-order valence-corrected chi connectivity index (χ2v) is 10.6. The molecule has 0 unspecified atom stereocenters. The second kappa shape index (κ2) is 13.0. The second-order valence-electron chi connectivity index (χ2n) is 8.78. The predicted molar refractivity (Wildman–Crippen MR) is 161 cm³/mol. The van der Waals surface area contributed by atoms with Gasteiger partial charge < -0.3 is 20.1 Å². The summed E-state index contributed by atoms with van der Waals surface area (Å²) < 4.78 is 10.7. The molecular formula is C31H22Cl2N2O5S. The Morgan fingerprint density at radius 3 is 2.32 bits per heavy atom. The van der Waals surface area contributed by atoms with Gasteiger partial charge in [0.2, 0.25) is 6.79 Å². The van der Waals surface area contributed by atoms with E-state index in [-0.39, 0.29) is 24.0 Å². The molecule has 1 aliphatic heterocycles. The van der Waals surface area contributed by atoms with Crippen LogP contribution >= 0.6 is 35.0 Å². The molecule has 1 heterocycles. The summed E-state index contributed by atoms with van der Waals surface area (Å²) in [6, 6.07) is 25.6. The summed E-state index contributed by atoms with van der Waals surface area (Å²) in [5, 5.41) is 6.12. The lowest BCUT2D eigenvalue weighted by molar-refractivity contribution is -0.113. The van der Waals surface area contributed by atoms with Crippen LogP contribution in [0.3, 0.4) is 0 Å². The molecule has 41 heavy (non-hydrogen) atoms. The number of benzene rings is 4. The highest BCUT2D eigenvalue weighted by Gasteiger charge is 2.18. The largest absolute Gasteiger partial charge is 0.454 e. The maximum Gasteiger partial charge on any atom is 0.272 e. The molecule has 0 aliphatic carbocycles. The normalized spacial score (nSPS) is 12.1. The summed E-state index contributed by atoms with van der Waals surface area (Å²) in [5.74, 6) is 0.216.